The maximum atomic E-state index is 12.9. The summed E-state index contributed by atoms with van der Waals surface area (Å²) >= 11 is 1.57. The summed E-state index contributed by atoms with van der Waals surface area (Å²) in [6, 6.07) is 8.53. The summed E-state index contributed by atoms with van der Waals surface area (Å²) in [5.74, 6) is 0.729. The lowest BCUT2D eigenvalue weighted by Gasteiger charge is -2.20. The Labute approximate surface area is 177 Å². The van der Waals surface area contributed by atoms with E-state index in [1.807, 2.05) is 23.2 Å². The van der Waals surface area contributed by atoms with Gasteiger partial charge in [0.1, 0.15) is 6.54 Å². The number of nitrogens with one attached hydrogen (secondary N) is 1. The maximum absolute atomic E-state index is 12.9. The van der Waals surface area contributed by atoms with E-state index in [-0.39, 0.29) is 11.8 Å². The van der Waals surface area contributed by atoms with Crippen LogP contribution in [0.1, 0.15) is 51.4 Å². The first-order valence-electron chi connectivity index (χ1n) is 11.0. The van der Waals surface area contributed by atoms with Gasteiger partial charge in [0.15, 0.2) is 0 Å². The zero-order valence-corrected chi connectivity index (χ0v) is 17.9. The van der Waals surface area contributed by atoms with Crippen molar-refractivity contribution in [3.8, 4) is 0 Å². The molecule has 4 rings (SSSR count). The molecular weight excluding hydrogens is 382 g/mol. The van der Waals surface area contributed by atoms with E-state index in [1.54, 1.807) is 11.8 Å². The van der Waals surface area contributed by atoms with Gasteiger partial charge in [-0.2, -0.15) is 0 Å². The molecule has 0 spiro atoms. The Morgan fingerprint density at radius 1 is 1.00 bits per heavy atom. The quantitative estimate of drug-likeness (QED) is 0.723. The molecule has 2 fully saturated rings. The molecule has 1 aliphatic heterocycles. The molecule has 0 unspecified atom stereocenters. The molecule has 1 saturated heterocycles. The number of nitrogens with zero attached hydrogens (tertiary/aromatic N) is 2. The minimum absolute atomic E-state index is 0.111. The molecule has 0 radical (unpaired) electrons. The molecule has 6 heteroatoms. The third kappa shape index (κ3) is 5.16. The first kappa shape index (κ1) is 20.3. The fourth-order valence-corrected chi connectivity index (χ4v) is 5.41. The van der Waals surface area contributed by atoms with E-state index >= 15 is 0 Å². The summed E-state index contributed by atoms with van der Waals surface area (Å²) in [5.41, 5.74) is 1.06. The second-order valence-corrected chi connectivity index (χ2v) is 9.29. The molecule has 2 aliphatic rings. The van der Waals surface area contributed by atoms with E-state index in [4.69, 9.17) is 0 Å². The van der Waals surface area contributed by atoms with Crippen molar-refractivity contribution in [2.45, 2.75) is 68.8 Å². The van der Waals surface area contributed by atoms with Gasteiger partial charge in [0.2, 0.25) is 11.8 Å². The van der Waals surface area contributed by atoms with Gasteiger partial charge >= 0.3 is 0 Å². The van der Waals surface area contributed by atoms with Gasteiger partial charge in [0, 0.05) is 41.1 Å². The number of amides is 2. The molecule has 29 heavy (non-hydrogen) atoms. The van der Waals surface area contributed by atoms with Crippen LogP contribution < -0.4 is 5.32 Å². The Morgan fingerprint density at radius 3 is 2.48 bits per heavy atom. The minimum Gasteiger partial charge on any atom is -0.353 e. The standard InChI is InChI=1S/C23H31N3O2S/c27-22(24-18-9-3-4-10-18)17-29-21-15-26(20-12-6-5-11-19(20)21)16-23(28)25-13-7-1-2-8-14-25/h5-6,11-12,15,18H,1-4,7-10,13-14,16-17H2,(H,24,27). The van der Waals surface area contributed by atoms with Crippen LogP contribution in [0.15, 0.2) is 35.4 Å². The highest BCUT2D eigenvalue weighted by molar-refractivity contribution is 8.00. The lowest BCUT2D eigenvalue weighted by molar-refractivity contribution is -0.131. The van der Waals surface area contributed by atoms with Crippen LogP contribution in [0, 0.1) is 0 Å². The van der Waals surface area contributed by atoms with Gasteiger partial charge in [-0.3, -0.25) is 9.59 Å². The van der Waals surface area contributed by atoms with Gasteiger partial charge in [-0.1, -0.05) is 43.9 Å². The third-order valence-corrected chi connectivity index (χ3v) is 7.14. The third-order valence-electron chi connectivity index (χ3n) is 6.10. The van der Waals surface area contributed by atoms with Crippen LogP contribution in [0.5, 0.6) is 0 Å². The first-order chi connectivity index (χ1) is 14.2. The molecule has 1 aromatic heterocycles. The predicted molar refractivity (Wildman–Crippen MR) is 118 cm³/mol. The van der Waals surface area contributed by atoms with Crippen LogP contribution in [0.25, 0.3) is 10.9 Å². The van der Waals surface area contributed by atoms with Crippen LogP contribution in [0.2, 0.25) is 0 Å². The number of thioether (sulfide) groups is 1. The van der Waals surface area contributed by atoms with E-state index in [0.717, 1.165) is 54.6 Å². The summed E-state index contributed by atoms with van der Waals surface area (Å²) in [4.78, 5) is 28.3. The molecular formula is C23H31N3O2S. The molecule has 1 aliphatic carbocycles. The number of hydrogen-bond acceptors (Lipinski definition) is 3. The van der Waals surface area contributed by atoms with Crippen molar-refractivity contribution < 1.29 is 9.59 Å². The first-order valence-corrected chi connectivity index (χ1v) is 12.0. The molecule has 156 valence electrons. The van der Waals surface area contributed by atoms with Gasteiger partial charge in [0.05, 0.1) is 5.75 Å². The molecule has 5 nitrogen and oxygen atoms in total. The Kier molecular flexibility index (Phi) is 6.80. The molecule has 2 aromatic rings. The Hall–Kier alpha value is -1.95. The summed E-state index contributed by atoms with van der Waals surface area (Å²) < 4.78 is 2.06. The Balaban J connectivity index is 1.43. The lowest BCUT2D eigenvalue weighted by atomic mass is 10.2. The molecule has 2 amide bonds. The Morgan fingerprint density at radius 2 is 1.72 bits per heavy atom. The summed E-state index contributed by atoms with van der Waals surface area (Å²) in [7, 11) is 0. The average Bonchev–Trinajstić information content (AvgIpc) is 3.25. The van der Waals surface area contributed by atoms with Crippen LogP contribution >= 0.6 is 11.8 Å². The smallest absolute Gasteiger partial charge is 0.242 e. The van der Waals surface area contributed by atoms with E-state index in [2.05, 4.69) is 22.0 Å². The lowest BCUT2D eigenvalue weighted by Crippen LogP contribution is -2.34. The van der Waals surface area contributed by atoms with Gasteiger partial charge in [-0.15, -0.1) is 11.8 Å². The highest BCUT2D eigenvalue weighted by Crippen LogP contribution is 2.30. The monoisotopic (exact) mass is 413 g/mol. The van der Waals surface area contributed by atoms with Gasteiger partial charge < -0.3 is 14.8 Å². The Bertz CT molecular complexity index is 849. The maximum Gasteiger partial charge on any atom is 0.242 e. The molecule has 1 aromatic carbocycles. The largest absolute Gasteiger partial charge is 0.353 e. The topological polar surface area (TPSA) is 54.3 Å². The zero-order chi connectivity index (χ0) is 20.1. The van der Waals surface area contributed by atoms with Crippen molar-refractivity contribution in [3.05, 3.63) is 30.5 Å². The fraction of sp³-hybridized carbons (Fsp3) is 0.565. The van der Waals surface area contributed by atoms with Gasteiger partial charge in [-0.05, 0) is 31.7 Å². The van der Waals surface area contributed by atoms with Gasteiger partial charge in [-0.25, -0.2) is 0 Å². The van der Waals surface area contributed by atoms with Crippen LogP contribution in [0.4, 0.5) is 0 Å². The number of benzene rings is 1. The van der Waals surface area contributed by atoms with Crippen LogP contribution in [-0.2, 0) is 16.1 Å². The van der Waals surface area contributed by atoms with Crippen molar-refractivity contribution in [1.82, 2.24) is 14.8 Å². The second kappa shape index (κ2) is 9.70. The molecule has 1 saturated carbocycles. The van der Waals surface area contributed by atoms with Crippen molar-refractivity contribution in [2.24, 2.45) is 0 Å². The van der Waals surface area contributed by atoms with Crippen molar-refractivity contribution >= 4 is 34.5 Å². The molecule has 1 N–H and O–H groups in total. The molecule has 0 atom stereocenters. The average molecular weight is 414 g/mol. The van der Waals surface area contributed by atoms with E-state index < -0.39 is 0 Å². The normalized spacial score (nSPS) is 18.1. The van der Waals surface area contributed by atoms with Crippen molar-refractivity contribution in [2.75, 3.05) is 18.8 Å². The van der Waals surface area contributed by atoms with Crippen LogP contribution in [0.3, 0.4) is 0 Å². The summed E-state index contributed by atoms with van der Waals surface area (Å²) in [5, 5.41) is 4.28. The van der Waals surface area contributed by atoms with Crippen molar-refractivity contribution in [1.29, 1.82) is 0 Å². The number of hydrogen-bond donors (Lipinski definition) is 1. The van der Waals surface area contributed by atoms with Crippen LogP contribution in [-0.4, -0.2) is 46.2 Å². The summed E-state index contributed by atoms with van der Waals surface area (Å²) in [6.45, 7) is 2.12. The van der Waals surface area contributed by atoms with Gasteiger partial charge in [0.25, 0.3) is 0 Å². The summed E-state index contributed by atoms with van der Waals surface area (Å²) in [6.07, 6.45) is 11.4. The molecule has 0 bridgehead atoms. The second-order valence-electron chi connectivity index (χ2n) is 8.27. The SMILES string of the molecule is O=C(CSc1cn(CC(=O)N2CCCCCC2)c2ccccc12)NC1CCCC1. The minimum atomic E-state index is 0.111. The number of rotatable bonds is 6. The number of carbonyl (C=O) groups excluding carboxylic acids is 2. The number of likely N-dealkylation sites (tertiary alicyclic amines) is 1. The highest BCUT2D eigenvalue weighted by Gasteiger charge is 2.20. The van der Waals surface area contributed by atoms with Crippen molar-refractivity contribution in [3.63, 3.8) is 0 Å². The predicted octanol–water partition coefficient (Wildman–Crippen LogP) is 4.19. The number of fused-ring (bicyclic) bond motifs is 1. The number of carbonyl (C=O) groups is 2. The molecule has 2 heterocycles. The zero-order valence-electron chi connectivity index (χ0n) is 17.1. The highest BCUT2D eigenvalue weighted by atomic mass is 32.2. The van der Waals surface area contributed by atoms with E-state index in [0.29, 0.717) is 18.3 Å². The van der Waals surface area contributed by atoms with E-state index in [1.165, 1.54) is 25.7 Å². The number of aromatic nitrogens is 1. The van der Waals surface area contributed by atoms with E-state index in [9.17, 15) is 9.59 Å². The fourth-order valence-electron chi connectivity index (χ4n) is 4.51. The number of para-hydroxylation sites is 1.